The zero-order valence-corrected chi connectivity index (χ0v) is 24.3. The van der Waals surface area contributed by atoms with Crippen LogP contribution in [0.1, 0.15) is 0 Å². The maximum absolute atomic E-state index is 4.90. The Morgan fingerprint density at radius 2 is 1.08 bits per heavy atom. The van der Waals surface area contributed by atoms with Gasteiger partial charge in [-0.3, -0.25) is 4.98 Å². The highest BCUT2D eigenvalue weighted by molar-refractivity contribution is 7.81. The van der Waals surface area contributed by atoms with Gasteiger partial charge in [-0.25, -0.2) is 9.97 Å². The van der Waals surface area contributed by atoms with Gasteiger partial charge in [-0.15, -0.1) is 70.6 Å². The Balaban J connectivity index is 1.17. The number of fused-ring (bicyclic) bond motifs is 7. The number of thiophene rings is 4. The highest BCUT2D eigenvalue weighted by atomic mass is 32.2. The largest absolute Gasteiger partial charge is 0.330 e. The minimum Gasteiger partial charge on any atom is -0.330 e. The summed E-state index contributed by atoms with van der Waals surface area (Å²) in [5, 5.41) is 13.8. The molecule has 11 heteroatoms. The van der Waals surface area contributed by atoms with E-state index in [0.717, 1.165) is 30.9 Å². The van der Waals surface area contributed by atoms with Gasteiger partial charge in [0.25, 0.3) is 0 Å². The van der Waals surface area contributed by atoms with Gasteiger partial charge in [0.15, 0.2) is 0 Å². The first kappa shape index (κ1) is 23.0. The van der Waals surface area contributed by atoms with Crippen molar-refractivity contribution in [2.75, 3.05) is 10.6 Å². The van der Waals surface area contributed by atoms with Gasteiger partial charge in [0.05, 0.1) is 8.03 Å². The monoisotopic (exact) mass is 601 g/mol. The van der Waals surface area contributed by atoms with Crippen LogP contribution in [0.4, 0.5) is 21.6 Å². The molecule has 0 spiro atoms. The molecule has 0 saturated carbocycles. The summed E-state index contributed by atoms with van der Waals surface area (Å²) in [5.41, 5.74) is 1.76. The molecule has 6 heterocycles. The van der Waals surface area contributed by atoms with Gasteiger partial charge in [0.2, 0.25) is 0 Å². The third kappa shape index (κ3) is 3.47. The molecule has 0 amide bonds. The van der Waals surface area contributed by atoms with E-state index in [-0.39, 0.29) is 0 Å². The van der Waals surface area contributed by atoms with E-state index in [4.69, 9.17) is 25.3 Å². The molecule has 2 N–H and O–H groups in total. The van der Waals surface area contributed by atoms with E-state index in [9.17, 15) is 0 Å². The Labute approximate surface area is 243 Å². The standard InChI is InChI=1S/C27H15N5S6/c33-20-18-12-5-1-3-7-16(12)35-26(18)37-24(20)31-22-14-9-28-10-15(14)23(30-11-29-22)32-25-21(34)19-13-6-2-4-8-17(13)36-27(19)38-25/h1-11,33-34H,(H2,29,30,31,32). The third-order valence-electron chi connectivity index (χ3n) is 6.46. The topological polar surface area (TPSA) is 62.7 Å². The van der Waals surface area contributed by atoms with Crippen molar-refractivity contribution in [3.05, 3.63) is 67.3 Å². The molecule has 6 aromatic rings. The SMILES string of the molecule is Sc1c(Nc2ncnc(Nc3sc4sc5ccccc5c4c3S)c3cncc2-3)sc2sc3ccccc3c12. The molecule has 38 heavy (non-hydrogen) atoms. The van der Waals surface area contributed by atoms with E-state index in [1.165, 1.54) is 39.0 Å². The van der Waals surface area contributed by atoms with Crippen LogP contribution in [0, 0.1) is 0 Å². The van der Waals surface area contributed by atoms with Crippen LogP contribution in [0.15, 0.2) is 77.0 Å². The van der Waals surface area contributed by atoms with E-state index < -0.39 is 0 Å². The van der Waals surface area contributed by atoms with Gasteiger partial charge < -0.3 is 10.6 Å². The molecule has 2 aliphatic heterocycles. The van der Waals surface area contributed by atoms with Crippen LogP contribution in [0.3, 0.4) is 0 Å². The van der Waals surface area contributed by atoms with Gasteiger partial charge >= 0.3 is 0 Å². The summed E-state index contributed by atoms with van der Waals surface area (Å²) >= 11 is 16.8. The van der Waals surface area contributed by atoms with E-state index >= 15 is 0 Å². The molecule has 0 fully saturated rings. The van der Waals surface area contributed by atoms with Gasteiger partial charge in [0.1, 0.15) is 28.0 Å². The van der Waals surface area contributed by atoms with Crippen LogP contribution in [-0.4, -0.2) is 15.0 Å². The normalized spacial score (nSPS) is 11.9. The summed E-state index contributed by atoms with van der Waals surface area (Å²) in [6, 6.07) is 16.9. The Hall–Kier alpha value is -2.93. The van der Waals surface area contributed by atoms with Crippen LogP contribution >= 0.6 is 70.6 Å². The van der Waals surface area contributed by atoms with Crippen LogP contribution < -0.4 is 10.6 Å². The number of hydrogen-bond acceptors (Lipinski definition) is 11. The zero-order valence-electron chi connectivity index (χ0n) is 19.2. The number of benzene rings is 2. The fourth-order valence-corrected chi connectivity index (χ4v) is 10.8. The first-order valence-corrected chi connectivity index (χ1v) is 15.7. The molecule has 0 aliphatic carbocycles. The van der Waals surface area contributed by atoms with Gasteiger partial charge in [0, 0.05) is 64.3 Å². The van der Waals surface area contributed by atoms with Crippen molar-refractivity contribution in [1.29, 1.82) is 0 Å². The average Bonchev–Trinajstić information content (AvgIpc) is 3.71. The summed E-state index contributed by atoms with van der Waals surface area (Å²) in [6.45, 7) is 0. The molecular weight excluding hydrogens is 587 g/mol. The summed E-state index contributed by atoms with van der Waals surface area (Å²) < 4.78 is 5.02. The maximum Gasteiger partial charge on any atom is 0.142 e. The van der Waals surface area contributed by atoms with E-state index in [2.05, 4.69) is 74.1 Å². The lowest BCUT2D eigenvalue weighted by Crippen LogP contribution is -1.94. The number of nitrogens with zero attached hydrogens (tertiary/aromatic N) is 3. The minimum absolute atomic E-state index is 0.691. The molecule has 4 aromatic heterocycles. The first-order chi connectivity index (χ1) is 18.7. The summed E-state index contributed by atoms with van der Waals surface area (Å²) in [7, 11) is 0. The highest BCUT2D eigenvalue weighted by Crippen LogP contribution is 2.50. The van der Waals surface area contributed by atoms with Crippen molar-refractivity contribution in [2.45, 2.75) is 9.79 Å². The number of nitrogens with one attached hydrogen (secondary N) is 2. The molecule has 5 nitrogen and oxygen atoms in total. The molecule has 184 valence electrons. The van der Waals surface area contributed by atoms with E-state index in [1.54, 1.807) is 51.7 Å². The smallest absolute Gasteiger partial charge is 0.142 e. The predicted molar refractivity (Wildman–Crippen MR) is 172 cm³/mol. The lowest BCUT2D eigenvalue weighted by atomic mass is 10.2. The van der Waals surface area contributed by atoms with Crippen LogP contribution in [0.25, 0.3) is 50.1 Å². The summed E-state index contributed by atoms with van der Waals surface area (Å²) in [4.78, 5) is 15.6. The lowest BCUT2D eigenvalue weighted by Gasteiger charge is -2.08. The molecular formula is C27H15N5S6. The summed E-state index contributed by atoms with van der Waals surface area (Å²) in [5.74, 6) is 1.38. The second-order valence-corrected chi connectivity index (χ2v) is 14.2. The molecule has 0 atom stereocenters. The number of rotatable bonds is 4. The highest BCUT2D eigenvalue weighted by Gasteiger charge is 2.21. The maximum atomic E-state index is 4.90. The second kappa shape index (κ2) is 8.80. The van der Waals surface area contributed by atoms with Crippen molar-refractivity contribution >= 4 is 131 Å². The van der Waals surface area contributed by atoms with Gasteiger partial charge in [-0.2, -0.15) is 0 Å². The van der Waals surface area contributed by atoms with Gasteiger partial charge in [-0.1, -0.05) is 36.4 Å². The Kier molecular flexibility index (Phi) is 5.33. The van der Waals surface area contributed by atoms with Crippen molar-refractivity contribution < 1.29 is 0 Å². The van der Waals surface area contributed by atoms with Gasteiger partial charge in [-0.05, 0) is 12.1 Å². The summed E-state index contributed by atoms with van der Waals surface area (Å²) in [6.07, 6.45) is 5.23. The molecule has 2 aromatic carbocycles. The van der Waals surface area contributed by atoms with Crippen molar-refractivity contribution in [1.82, 2.24) is 15.0 Å². The third-order valence-corrected chi connectivity index (χ3v) is 12.4. The Morgan fingerprint density at radius 3 is 1.58 bits per heavy atom. The Morgan fingerprint density at radius 1 is 0.605 bits per heavy atom. The molecule has 2 aliphatic rings. The number of hydrogen-bond donors (Lipinski definition) is 4. The minimum atomic E-state index is 0.691. The van der Waals surface area contributed by atoms with E-state index in [1.807, 2.05) is 12.4 Å². The Bertz CT molecular complexity index is 1990. The van der Waals surface area contributed by atoms with Crippen molar-refractivity contribution in [3.8, 4) is 11.1 Å². The molecule has 0 unspecified atom stereocenters. The van der Waals surface area contributed by atoms with Crippen LogP contribution in [0.2, 0.25) is 0 Å². The number of aromatic nitrogens is 3. The lowest BCUT2D eigenvalue weighted by molar-refractivity contribution is 1.22. The second-order valence-electron chi connectivity index (χ2n) is 8.64. The fourth-order valence-electron chi connectivity index (χ4n) is 4.72. The quantitative estimate of drug-likeness (QED) is 0.151. The van der Waals surface area contributed by atoms with Crippen LogP contribution in [-0.2, 0) is 0 Å². The van der Waals surface area contributed by atoms with Crippen molar-refractivity contribution in [2.24, 2.45) is 0 Å². The van der Waals surface area contributed by atoms with E-state index in [0.29, 0.717) is 11.6 Å². The zero-order chi connectivity index (χ0) is 25.4. The molecule has 0 radical (unpaired) electrons. The fraction of sp³-hybridized carbons (Fsp3) is 0. The molecule has 0 bridgehead atoms. The molecule has 0 saturated heterocycles. The molecule has 8 rings (SSSR count). The van der Waals surface area contributed by atoms with Crippen molar-refractivity contribution in [3.63, 3.8) is 0 Å². The van der Waals surface area contributed by atoms with Crippen LogP contribution in [0.5, 0.6) is 0 Å². The first-order valence-electron chi connectivity index (χ1n) is 11.5. The number of anilines is 4. The number of thiol groups is 2. The predicted octanol–water partition coefficient (Wildman–Crippen LogP) is 9.90. The average molecular weight is 602 g/mol.